The van der Waals surface area contributed by atoms with Crippen LogP contribution in [0, 0.1) is 0 Å². The zero-order valence-electron chi connectivity index (χ0n) is 10.7. The molecule has 3 N–H and O–H groups in total. The van der Waals surface area contributed by atoms with Gasteiger partial charge in [-0.3, -0.25) is 4.98 Å². The molecule has 0 bridgehead atoms. The number of carboxylic acids is 1. The standard InChI is InChI=1S/C14H12N2O4/c1-20-14(19)8-2-3-10(12(15)6-8)9-4-5-16-7-11(9)13(17)18/h2-7H,15H2,1H3,(H,17,18). The number of hydrogen-bond donors (Lipinski definition) is 2. The first kappa shape index (κ1) is 13.5. The number of pyridine rings is 1. The van der Waals surface area contributed by atoms with E-state index in [0.29, 0.717) is 22.4 Å². The Morgan fingerprint density at radius 2 is 2.00 bits per heavy atom. The number of nitrogens with zero attached hydrogens (tertiary/aromatic N) is 1. The fraction of sp³-hybridized carbons (Fsp3) is 0.0714. The molecule has 0 spiro atoms. The zero-order valence-corrected chi connectivity index (χ0v) is 10.7. The van der Waals surface area contributed by atoms with Crippen molar-refractivity contribution in [3.05, 3.63) is 47.8 Å². The number of aromatic carboxylic acids is 1. The van der Waals surface area contributed by atoms with E-state index < -0.39 is 11.9 Å². The number of nitrogens with two attached hydrogens (primary N) is 1. The van der Waals surface area contributed by atoms with E-state index >= 15 is 0 Å². The maximum absolute atomic E-state index is 11.4. The first-order valence-electron chi connectivity index (χ1n) is 5.70. The van der Waals surface area contributed by atoms with Crippen molar-refractivity contribution in [2.75, 3.05) is 12.8 Å². The molecule has 0 aliphatic heterocycles. The third-order valence-electron chi connectivity index (χ3n) is 2.81. The molecule has 20 heavy (non-hydrogen) atoms. The quantitative estimate of drug-likeness (QED) is 0.652. The topological polar surface area (TPSA) is 103 Å². The SMILES string of the molecule is COC(=O)c1ccc(-c2ccncc2C(=O)O)c(N)c1. The highest BCUT2D eigenvalue weighted by atomic mass is 16.5. The second-order valence-electron chi connectivity index (χ2n) is 4.02. The van der Waals surface area contributed by atoms with Crippen LogP contribution in [0.4, 0.5) is 5.69 Å². The van der Waals surface area contributed by atoms with Crippen molar-refractivity contribution >= 4 is 17.6 Å². The van der Waals surface area contributed by atoms with Crippen LogP contribution in [0.5, 0.6) is 0 Å². The largest absolute Gasteiger partial charge is 0.478 e. The van der Waals surface area contributed by atoms with Gasteiger partial charge in [0.1, 0.15) is 0 Å². The van der Waals surface area contributed by atoms with Crippen molar-refractivity contribution in [3.63, 3.8) is 0 Å². The van der Waals surface area contributed by atoms with Gasteiger partial charge in [-0.2, -0.15) is 0 Å². The molecule has 0 aliphatic rings. The molecule has 0 aliphatic carbocycles. The lowest BCUT2D eigenvalue weighted by Crippen LogP contribution is -2.04. The molecule has 1 aromatic heterocycles. The summed E-state index contributed by atoms with van der Waals surface area (Å²) in [5, 5.41) is 9.14. The van der Waals surface area contributed by atoms with E-state index in [1.165, 1.54) is 31.6 Å². The molecule has 6 heteroatoms. The third kappa shape index (κ3) is 2.44. The van der Waals surface area contributed by atoms with Gasteiger partial charge in [-0.25, -0.2) is 9.59 Å². The van der Waals surface area contributed by atoms with Crippen LogP contribution in [0.15, 0.2) is 36.7 Å². The molecule has 0 unspecified atom stereocenters. The van der Waals surface area contributed by atoms with Gasteiger partial charge in [0.15, 0.2) is 0 Å². The minimum Gasteiger partial charge on any atom is -0.478 e. The van der Waals surface area contributed by atoms with Gasteiger partial charge < -0.3 is 15.6 Å². The molecule has 0 saturated heterocycles. The molecule has 1 heterocycles. The van der Waals surface area contributed by atoms with Crippen LogP contribution in [0.3, 0.4) is 0 Å². The normalized spacial score (nSPS) is 10.1. The Balaban J connectivity index is 2.55. The van der Waals surface area contributed by atoms with Crippen molar-refractivity contribution in [1.82, 2.24) is 4.98 Å². The van der Waals surface area contributed by atoms with Gasteiger partial charge in [0.2, 0.25) is 0 Å². The van der Waals surface area contributed by atoms with Gasteiger partial charge in [-0.15, -0.1) is 0 Å². The third-order valence-corrected chi connectivity index (χ3v) is 2.81. The van der Waals surface area contributed by atoms with Gasteiger partial charge in [-0.1, -0.05) is 6.07 Å². The Morgan fingerprint density at radius 3 is 2.60 bits per heavy atom. The summed E-state index contributed by atoms with van der Waals surface area (Å²) in [7, 11) is 1.28. The minimum atomic E-state index is -1.09. The fourth-order valence-corrected chi connectivity index (χ4v) is 1.85. The molecule has 1 aromatic carbocycles. The van der Waals surface area contributed by atoms with Gasteiger partial charge >= 0.3 is 11.9 Å². The van der Waals surface area contributed by atoms with E-state index in [4.69, 9.17) is 10.8 Å². The predicted molar refractivity (Wildman–Crippen MR) is 72.4 cm³/mol. The van der Waals surface area contributed by atoms with Crippen molar-refractivity contribution in [1.29, 1.82) is 0 Å². The number of carbonyl (C=O) groups excluding carboxylic acids is 1. The summed E-state index contributed by atoms with van der Waals surface area (Å²) in [6, 6.07) is 6.13. The van der Waals surface area contributed by atoms with Crippen LogP contribution < -0.4 is 5.73 Å². The molecule has 0 amide bonds. The summed E-state index contributed by atoms with van der Waals surface area (Å²) in [5.74, 6) is -1.60. The number of anilines is 1. The Bertz CT molecular complexity index is 683. The number of ether oxygens (including phenoxy) is 1. The number of methoxy groups -OCH3 is 1. The summed E-state index contributed by atoms with van der Waals surface area (Å²) < 4.78 is 4.60. The molecule has 0 saturated carbocycles. The summed E-state index contributed by atoms with van der Waals surface area (Å²) in [4.78, 5) is 26.4. The summed E-state index contributed by atoms with van der Waals surface area (Å²) in [6.07, 6.45) is 2.74. The van der Waals surface area contributed by atoms with Gasteiger partial charge in [0.05, 0.1) is 18.2 Å². The van der Waals surface area contributed by atoms with Crippen molar-refractivity contribution in [3.8, 4) is 11.1 Å². The van der Waals surface area contributed by atoms with Crippen LogP contribution in [0.1, 0.15) is 20.7 Å². The predicted octanol–water partition coefficient (Wildman–Crippen LogP) is 1.82. The Hall–Kier alpha value is -2.89. The highest BCUT2D eigenvalue weighted by Gasteiger charge is 2.15. The van der Waals surface area contributed by atoms with Gasteiger partial charge in [-0.05, 0) is 18.2 Å². The average molecular weight is 272 g/mol. The minimum absolute atomic E-state index is 0.0463. The number of aromatic nitrogens is 1. The zero-order chi connectivity index (χ0) is 14.7. The molecule has 0 atom stereocenters. The van der Waals surface area contributed by atoms with E-state index in [1.807, 2.05) is 0 Å². The molecular formula is C14H12N2O4. The highest BCUT2D eigenvalue weighted by Crippen LogP contribution is 2.29. The van der Waals surface area contributed by atoms with E-state index in [1.54, 1.807) is 12.1 Å². The Kier molecular flexibility index (Phi) is 3.65. The fourth-order valence-electron chi connectivity index (χ4n) is 1.85. The van der Waals surface area contributed by atoms with E-state index in [-0.39, 0.29) is 5.56 Å². The smallest absolute Gasteiger partial charge is 0.337 e. The van der Waals surface area contributed by atoms with E-state index in [0.717, 1.165) is 0 Å². The molecule has 0 fully saturated rings. The number of nitrogen functional groups attached to an aromatic ring is 1. The van der Waals surface area contributed by atoms with Crippen molar-refractivity contribution in [2.24, 2.45) is 0 Å². The van der Waals surface area contributed by atoms with Crippen LogP contribution in [0.2, 0.25) is 0 Å². The number of carboxylic acid groups (broad SMARTS) is 1. The number of esters is 1. The molecule has 0 radical (unpaired) electrons. The Labute approximate surface area is 114 Å². The lowest BCUT2D eigenvalue weighted by molar-refractivity contribution is 0.0600. The second-order valence-corrected chi connectivity index (χ2v) is 4.02. The lowest BCUT2D eigenvalue weighted by Gasteiger charge is -2.10. The van der Waals surface area contributed by atoms with Crippen LogP contribution in [-0.2, 0) is 4.74 Å². The maximum atomic E-state index is 11.4. The molecule has 102 valence electrons. The number of rotatable bonds is 3. The van der Waals surface area contributed by atoms with Crippen LogP contribution >= 0.6 is 0 Å². The summed E-state index contributed by atoms with van der Waals surface area (Å²) >= 11 is 0. The summed E-state index contributed by atoms with van der Waals surface area (Å²) in [6.45, 7) is 0. The first-order chi connectivity index (χ1) is 9.54. The van der Waals surface area contributed by atoms with Gasteiger partial charge in [0, 0.05) is 29.2 Å². The highest BCUT2D eigenvalue weighted by molar-refractivity contribution is 5.99. The number of carbonyl (C=O) groups is 2. The van der Waals surface area contributed by atoms with E-state index in [9.17, 15) is 9.59 Å². The van der Waals surface area contributed by atoms with Crippen molar-refractivity contribution in [2.45, 2.75) is 0 Å². The van der Waals surface area contributed by atoms with Crippen molar-refractivity contribution < 1.29 is 19.4 Å². The monoisotopic (exact) mass is 272 g/mol. The van der Waals surface area contributed by atoms with E-state index in [2.05, 4.69) is 9.72 Å². The molecule has 2 rings (SSSR count). The molecule has 6 nitrogen and oxygen atoms in total. The van der Waals surface area contributed by atoms with Gasteiger partial charge in [0.25, 0.3) is 0 Å². The number of benzene rings is 1. The summed E-state index contributed by atoms with van der Waals surface area (Å²) in [5.41, 5.74) is 7.51. The molecular weight excluding hydrogens is 260 g/mol. The Morgan fingerprint density at radius 1 is 1.25 bits per heavy atom. The average Bonchev–Trinajstić information content (AvgIpc) is 2.46. The maximum Gasteiger partial charge on any atom is 0.337 e. The first-order valence-corrected chi connectivity index (χ1v) is 5.70. The molecule has 2 aromatic rings. The lowest BCUT2D eigenvalue weighted by atomic mass is 9.98. The van der Waals surface area contributed by atoms with Crippen LogP contribution in [0.25, 0.3) is 11.1 Å². The number of hydrogen-bond acceptors (Lipinski definition) is 5. The van der Waals surface area contributed by atoms with Crippen LogP contribution in [-0.4, -0.2) is 29.1 Å². The second kappa shape index (κ2) is 5.40.